The highest BCUT2D eigenvalue weighted by Crippen LogP contribution is 2.27. The molecule has 0 saturated carbocycles. The maximum Gasteiger partial charge on any atom is 0.248 e. The van der Waals surface area contributed by atoms with E-state index in [9.17, 15) is 9.59 Å². The van der Waals surface area contributed by atoms with Crippen LogP contribution in [0.15, 0.2) is 36.4 Å². The summed E-state index contributed by atoms with van der Waals surface area (Å²) in [5.74, 6) is 0.262. The van der Waals surface area contributed by atoms with Crippen LogP contribution in [0.4, 0.5) is 17.5 Å². The molecule has 184 valence electrons. The number of aromatic nitrogens is 3. The van der Waals surface area contributed by atoms with E-state index in [0.717, 1.165) is 31.4 Å². The molecule has 10 heteroatoms. The molecule has 1 aliphatic rings. The number of aryl methyl sites for hydroxylation is 1. The van der Waals surface area contributed by atoms with Gasteiger partial charge in [-0.2, -0.15) is 4.98 Å². The summed E-state index contributed by atoms with van der Waals surface area (Å²) in [6.45, 7) is 5.24. The third-order valence-electron chi connectivity index (χ3n) is 5.82. The lowest BCUT2D eigenvalue weighted by atomic mass is 10.1. The predicted molar refractivity (Wildman–Crippen MR) is 139 cm³/mol. The molecule has 0 aliphatic carbocycles. The molecule has 2 amide bonds. The van der Waals surface area contributed by atoms with E-state index in [1.807, 2.05) is 17.0 Å². The molecule has 1 aromatic carbocycles. The van der Waals surface area contributed by atoms with Crippen molar-refractivity contribution in [2.45, 2.75) is 45.6 Å². The Balaban J connectivity index is 1.72. The normalized spacial score (nSPS) is 15.7. The summed E-state index contributed by atoms with van der Waals surface area (Å²) in [6, 6.07) is 10.4. The van der Waals surface area contributed by atoms with Crippen LogP contribution < -0.4 is 20.9 Å². The molecule has 3 aromatic rings. The molecule has 4 rings (SSSR count). The van der Waals surface area contributed by atoms with Crippen molar-refractivity contribution in [2.24, 2.45) is 0 Å². The van der Waals surface area contributed by atoms with Gasteiger partial charge in [0.15, 0.2) is 5.82 Å². The first-order valence-electron chi connectivity index (χ1n) is 11.9. The van der Waals surface area contributed by atoms with E-state index in [4.69, 9.17) is 16.6 Å². The minimum absolute atomic E-state index is 0.188. The number of rotatable bonds is 8. The van der Waals surface area contributed by atoms with Gasteiger partial charge in [0.25, 0.3) is 0 Å². The molecule has 0 spiro atoms. The lowest BCUT2D eigenvalue weighted by molar-refractivity contribution is -0.117. The van der Waals surface area contributed by atoms with Gasteiger partial charge >= 0.3 is 0 Å². The Kier molecular flexibility index (Phi) is 8.09. The Morgan fingerprint density at radius 1 is 1.14 bits per heavy atom. The van der Waals surface area contributed by atoms with Gasteiger partial charge in [-0.15, -0.1) is 0 Å². The van der Waals surface area contributed by atoms with E-state index in [-0.39, 0.29) is 17.8 Å². The van der Waals surface area contributed by atoms with Gasteiger partial charge < -0.3 is 15.5 Å². The van der Waals surface area contributed by atoms with E-state index < -0.39 is 6.04 Å². The molecule has 1 unspecified atom stereocenters. The molecule has 1 atom stereocenters. The van der Waals surface area contributed by atoms with Crippen molar-refractivity contribution in [3.05, 3.63) is 47.1 Å². The van der Waals surface area contributed by atoms with Gasteiger partial charge in [-0.3, -0.25) is 14.9 Å². The van der Waals surface area contributed by atoms with Crippen LogP contribution >= 0.6 is 11.6 Å². The molecule has 0 bridgehead atoms. The zero-order chi connectivity index (χ0) is 24.8. The van der Waals surface area contributed by atoms with Crippen LogP contribution in [0.3, 0.4) is 0 Å². The largest absolute Gasteiger partial charge is 0.340 e. The topological polar surface area (TPSA) is 112 Å². The standard InChI is InChI=1S/C25H30ClN7O2/c1-3-4-5-8-18-10-11-20-22(29-18)23(32-25(31-20)28-16(2)34)33-13-12-27-15-21(33)24(35)30-19-9-6-7-17(26)14-19/h6-7,9-11,14,21,27H,3-5,8,12-13,15H2,1-2H3,(H,30,35)(H,28,31,32,34). The van der Waals surface area contributed by atoms with Crippen molar-refractivity contribution in [1.29, 1.82) is 0 Å². The van der Waals surface area contributed by atoms with E-state index in [1.165, 1.54) is 6.92 Å². The molecule has 2 aromatic heterocycles. The maximum absolute atomic E-state index is 13.3. The summed E-state index contributed by atoms with van der Waals surface area (Å²) >= 11 is 6.09. The second kappa shape index (κ2) is 11.4. The lowest BCUT2D eigenvalue weighted by Gasteiger charge is -2.36. The number of piperazine rings is 1. The first-order chi connectivity index (χ1) is 16.9. The summed E-state index contributed by atoms with van der Waals surface area (Å²) in [5, 5.41) is 9.47. The molecule has 3 heterocycles. The third-order valence-corrected chi connectivity index (χ3v) is 6.05. The fourth-order valence-corrected chi connectivity index (χ4v) is 4.32. The van der Waals surface area contributed by atoms with Gasteiger partial charge in [0.1, 0.15) is 11.6 Å². The summed E-state index contributed by atoms with van der Waals surface area (Å²) in [5.41, 5.74) is 2.81. The number of amides is 2. The number of anilines is 3. The van der Waals surface area contributed by atoms with Gasteiger partial charge in [0.2, 0.25) is 17.8 Å². The first kappa shape index (κ1) is 24.8. The number of nitrogens with one attached hydrogen (secondary N) is 3. The summed E-state index contributed by atoms with van der Waals surface area (Å²) < 4.78 is 0. The first-order valence-corrected chi connectivity index (χ1v) is 12.3. The zero-order valence-corrected chi connectivity index (χ0v) is 20.7. The van der Waals surface area contributed by atoms with E-state index in [0.29, 0.717) is 47.2 Å². The van der Waals surface area contributed by atoms with E-state index >= 15 is 0 Å². The highest BCUT2D eigenvalue weighted by atomic mass is 35.5. The Bertz CT molecular complexity index is 1220. The van der Waals surface area contributed by atoms with Crippen LogP contribution in [-0.2, 0) is 16.0 Å². The number of benzene rings is 1. The Morgan fingerprint density at radius 2 is 2.00 bits per heavy atom. The third kappa shape index (κ3) is 6.23. The predicted octanol–water partition coefficient (Wildman–Crippen LogP) is 3.79. The molecule has 0 radical (unpaired) electrons. The Hall–Kier alpha value is -3.30. The molecular formula is C25H30ClN7O2. The van der Waals surface area contributed by atoms with Crippen LogP contribution in [0, 0.1) is 0 Å². The number of carbonyl (C=O) groups is 2. The van der Waals surface area contributed by atoms with Crippen LogP contribution in [0.2, 0.25) is 5.02 Å². The van der Waals surface area contributed by atoms with Gasteiger partial charge in [0, 0.05) is 43.0 Å². The summed E-state index contributed by atoms with van der Waals surface area (Å²) in [4.78, 5) is 41.0. The average Bonchev–Trinajstić information content (AvgIpc) is 2.83. The Labute approximate surface area is 209 Å². The maximum atomic E-state index is 13.3. The quantitative estimate of drug-likeness (QED) is 0.407. The summed E-state index contributed by atoms with van der Waals surface area (Å²) in [6.07, 6.45) is 4.17. The van der Waals surface area contributed by atoms with Crippen molar-refractivity contribution < 1.29 is 9.59 Å². The van der Waals surface area contributed by atoms with Crippen LogP contribution in [0.5, 0.6) is 0 Å². The van der Waals surface area contributed by atoms with Crippen molar-refractivity contribution in [3.8, 4) is 0 Å². The molecule has 3 N–H and O–H groups in total. The minimum Gasteiger partial charge on any atom is -0.340 e. The lowest BCUT2D eigenvalue weighted by Crippen LogP contribution is -2.57. The Morgan fingerprint density at radius 3 is 2.77 bits per heavy atom. The van der Waals surface area contributed by atoms with Crippen molar-refractivity contribution in [1.82, 2.24) is 20.3 Å². The number of hydrogen-bond donors (Lipinski definition) is 3. The highest BCUT2D eigenvalue weighted by molar-refractivity contribution is 6.30. The number of halogens is 1. The molecule has 9 nitrogen and oxygen atoms in total. The number of unbranched alkanes of at least 4 members (excludes halogenated alkanes) is 2. The minimum atomic E-state index is -0.545. The van der Waals surface area contributed by atoms with Gasteiger partial charge in [-0.25, -0.2) is 9.97 Å². The highest BCUT2D eigenvalue weighted by Gasteiger charge is 2.32. The molecular weight excluding hydrogens is 466 g/mol. The molecule has 1 saturated heterocycles. The second-order valence-corrected chi connectivity index (χ2v) is 9.03. The average molecular weight is 496 g/mol. The molecule has 35 heavy (non-hydrogen) atoms. The summed E-state index contributed by atoms with van der Waals surface area (Å²) in [7, 11) is 0. The molecule has 1 aliphatic heterocycles. The molecule has 1 fully saturated rings. The smallest absolute Gasteiger partial charge is 0.248 e. The van der Waals surface area contributed by atoms with E-state index in [2.05, 4.69) is 32.8 Å². The van der Waals surface area contributed by atoms with Gasteiger partial charge in [-0.05, 0) is 43.2 Å². The second-order valence-electron chi connectivity index (χ2n) is 8.59. The number of hydrogen-bond acceptors (Lipinski definition) is 7. The van der Waals surface area contributed by atoms with Crippen molar-refractivity contribution >= 4 is 51.9 Å². The van der Waals surface area contributed by atoms with Crippen LogP contribution in [0.1, 0.15) is 38.8 Å². The number of nitrogens with zero attached hydrogens (tertiary/aromatic N) is 4. The zero-order valence-electron chi connectivity index (χ0n) is 20.0. The SMILES string of the molecule is CCCCCc1ccc2nc(NC(C)=O)nc(N3CCNCC3C(=O)Nc3cccc(Cl)c3)c2n1. The fourth-order valence-electron chi connectivity index (χ4n) is 4.13. The van der Waals surface area contributed by atoms with Crippen LogP contribution in [0.25, 0.3) is 11.0 Å². The van der Waals surface area contributed by atoms with Gasteiger partial charge in [-0.1, -0.05) is 37.4 Å². The number of carbonyl (C=O) groups excluding carboxylic acids is 2. The fraction of sp³-hybridized carbons (Fsp3) is 0.400. The van der Waals surface area contributed by atoms with Crippen molar-refractivity contribution in [2.75, 3.05) is 35.2 Å². The van der Waals surface area contributed by atoms with Gasteiger partial charge in [0.05, 0.1) is 5.52 Å². The number of pyridine rings is 1. The monoisotopic (exact) mass is 495 g/mol. The van der Waals surface area contributed by atoms with Crippen LogP contribution in [-0.4, -0.2) is 52.4 Å². The van der Waals surface area contributed by atoms with E-state index in [1.54, 1.807) is 24.3 Å². The van der Waals surface area contributed by atoms with Crippen molar-refractivity contribution in [3.63, 3.8) is 0 Å². The number of fused-ring (bicyclic) bond motifs is 1.